The average Bonchev–Trinajstić information content (AvgIpc) is 3.21. The molecular weight excluding hydrogens is 503 g/mol. The molecule has 3 amide bonds. The molecule has 7 nitrogen and oxygen atoms in total. The molecule has 2 aliphatic rings. The molecule has 0 aromatic heterocycles. The second kappa shape index (κ2) is 10.9. The van der Waals surface area contributed by atoms with Crippen LogP contribution in [0.4, 0.5) is 14.9 Å². The van der Waals surface area contributed by atoms with Crippen LogP contribution in [0, 0.1) is 17.1 Å². The van der Waals surface area contributed by atoms with E-state index >= 15 is 0 Å². The Balaban J connectivity index is 1.25. The topological polar surface area (TPSA) is 84.7 Å². The van der Waals surface area contributed by atoms with Crippen LogP contribution < -0.4 is 4.90 Å². The standard InChI is InChI=1S/C29H23FN4O3S/c30-24-10-8-20(9-11-24)19-34-28(36)26(38-29(34)37)17-21-4-3-6-22(16-21)27(35)33-14-12-32(13-15-33)25-7-2-1-5-23(25)18-31/h1-11,16-17H,12-15,19H2. The van der Waals surface area contributed by atoms with Crippen molar-refractivity contribution >= 4 is 40.6 Å². The van der Waals surface area contributed by atoms with Crippen LogP contribution in [-0.2, 0) is 11.3 Å². The second-order valence-electron chi connectivity index (χ2n) is 8.93. The third-order valence-corrected chi connectivity index (χ3v) is 7.40. The maximum atomic E-state index is 13.2. The normalized spacial score (nSPS) is 16.7. The van der Waals surface area contributed by atoms with Crippen LogP contribution in [0.15, 0.2) is 77.7 Å². The van der Waals surface area contributed by atoms with Crippen molar-refractivity contribution in [1.29, 1.82) is 5.26 Å². The maximum absolute atomic E-state index is 13.2. The number of imide groups is 1. The Hall–Kier alpha value is -4.42. The lowest BCUT2D eigenvalue weighted by Gasteiger charge is -2.36. The van der Waals surface area contributed by atoms with Gasteiger partial charge >= 0.3 is 0 Å². The molecule has 2 saturated heterocycles. The summed E-state index contributed by atoms with van der Waals surface area (Å²) in [5.74, 6) is -0.920. The van der Waals surface area contributed by atoms with Gasteiger partial charge in [0.2, 0.25) is 0 Å². The Morgan fingerprint density at radius 2 is 1.71 bits per heavy atom. The molecule has 9 heteroatoms. The molecule has 0 aliphatic carbocycles. The van der Waals surface area contributed by atoms with E-state index in [-0.39, 0.29) is 23.2 Å². The van der Waals surface area contributed by atoms with Gasteiger partial charge in [-0.3, -0.25) is 19.3 Å². The molecule has 5 rings (SSSR count). The van der Waals surface area contributed by atoms with E-state index < -0.39 is 11.1 Å². The summed E-state index contributed by atoms with van der Waals surface area (Å²) < 4.78 is 13.2. The summed E-state index contributed by atoms with van der Waals surface area (Å²) in [4.78, 5) is 43.9. The predicted octanol–water partition coefficient (Wildman–Crippen LogP) is 4.90. The molecule has 3 aromatic carbocycles. The minimum Gasteiger partial charge on any atom is -0.367 e. The van der Waals surface area contributed by atoms with Gasteiger partial charge in [0.25, 0.3) is 17.1 Å². The van der Waals surface area contributed by atoms with Crippen LogP contribution in [0.2, 0.25) is 0 Å². The van der Waals surface area contributed by atoms with Crippen LogP contribution in [0.5, 0.6) is 0 Å². The number of halogens is 1. The van der Waals surface area contributed by atoms with E-state index in [1.54, 1.807) is 53.4 Å². The Morgan fingerprint density at radius 3 is 2.45 bits per heavy atom. The van der Waals surface area contributed by atoms with Crippen LogP contribution in [0.1, 0.15) is 27.0 Å². The van der Waals surface area contributed by atoms with Gasteiger partial charge in [0.05, 0.1) is 22.7 Å². The molecule has 2 aliphatic heterocycles. The lowest BCUT2D eigenvalue weighted by atomic mass is 10.1. The SMILES string of the molecule is N#Cc1ccccc1N1CCN(C(=O)c2cccc(C=C3SC(=O)N(Cc4ccc(F)cc4)C3=O)c2)CC1. The van der Waals surface area contributed by atoms with Gasteiger partial charge < -0.3 is 9.80 Å². The minimum atomic E-state index is -0.421. The van der Waals surface area contributed by atoms with Gasteiger partial charge in [-0.1, -0.05) is 36.4 Å². The molecule has 0 unspecified atom stereocenters. The maximum Gasteiger partial charge on any atom is 0.293 e. The highest BCUT2D eigenvalue weighted by molar-refractivity contribution is 8.18. The van der Waals surface area contributed by atoms with E-state index in [1.165, 1.54) is 12.1 Å². The quantitative estimate of drug-likeness (QED) is 0.440. The number of hydrogen-bond donors (Lipinski definition) is 0. The lowest BCUT2D eigenvalue weighted by molar-refractivity contribution is -0.123. The summed E-state index contributed by atoms with van der Waals surface area (Å²) >= 11 is 0.843. The van der Waals surface area contributed by atoms with Crippen molar-refractivity contribution in [3.8, 4) is 6.07 Å². The number of thioether (sulfide) groups is 1. The van der Waals surface area contributed by atoms with Crippen LogP contribution in [-0.4, -0.2) is 53.0 Å². The smallest absolute Gasteiger partial charge is 0.293 e. The number of hydrogen-bond acceptors (Lipinski definition) is 6. The Kier molecular flexibility index (Phi) is 7.24. The number of amides is 3. The highest BCUT2D eigenvalue weighted by atomic mass is 32.2. The van der Waals surface area contributed by atoms with Gasteiger partial charge in [0, 0.05) is 31.7 Å². The first kappa shape index (κ1) is 25.2. The molecule has 0 N–H and O–H groups in total. The third kappa shape index (κ3) is 5.31. The molecule has 190 valence electrons. The monoisotopic (exact) mass is 526 g/mol. The average molecular weight is 527 g/mol. The number of carbonyl (C=O) groups is 3. The van der Waals surface area contributed by atoms with Crippen LogP contribution in [0.25, 0.3) is 6.08 Å². The summed E-state index contributed by atoms with van der Waals surface area (Å²) in [6.45, 7) is 2.33. The Morgan fingerprint density at radius 1 is 0.974 bits per heavy atom. The highest BCUT2D eigenvalue weighted by Gasteiger charge is 2.35. The first-order valence-electron chi connectivity index (χ1n) is 12.1. The summed E-state index contributed by atoms with van der Waals surface area (Å²) in [7, 11) is 0. The Bertz CT molecular complexity index is 1470. The van der Waals surface area contributed by atoms with E-state index in [0.29, 0.717) is 48.4 Å². The fourth-order valence-electron chi connectivity index (χ4n) is 4.50. The third-order valence-electron chi connectivity index (χ3n) is 6.49. The van der Waals surface area contributed by atoms with Gasteiger partial charge in [-0.05, 0) is 65.4 Å². The molecule has 2 fully saturated rings. The number of rotatable bonds is 5. The number of anilines is 1. The zero-order valence-corrected chi connectivity index (χ0v) is 21.2. The largest absolute Gasteiger partial charge is 0.367 e. The number of benzene rings is 3. The second-order valence-corrected chi connectivity index (χ2v) is 9.92. The summed E-state index contributed by atoms with van der Waals surface area (Å²) in [5.41, 5.74) is 3.28. The zero-order chi connectivity index (χ0) is 26.6. The fraction of sp³-hybridized carbons (Fsp3) is 0.172. The number of nitrogens with zero attached hydrogens (tertiary/aromatic N) is 4. The molecule has 0 spiro atoms. The van der Waals surface area contributed by atoms with Crippen LogP contribution >= 0.6 is 11.8 Å². The molecule has 0 atom stereocenters. The molecule has 3 aromatic rings. The summed E-state index contributed by atoms with van der Waals surface area (Å²) in [6.07, 6.45) is 1.61. The molecule has 0 radical (unpaired) electrons. The lowest BCUT2D eigenvalue weighted by Crippen LogP contribution is -2.49. The number of nitriles is 1. The van der Waals surface area contributed by atoms with Crippen molar-refractivity contribution < 1.29 is 18.8 Å². The van der Waals surface area contributed by atoms with E-state index in [0.717, 1.165) is 22.3 Å². The Labute approximate surface area is 223 Å². The minimum absolute atomic E-state index is 0.0611. The van der Waals surface area contributed by atoms with Gasteiger partial charge in [-0.2, -0.15) is 5.26 Å². The summed E-state index contributed by atoms with van der Waals surface area (Å²) in [6, 6.07) is 22.3. The fourth-order valence-corrected chi connectivity index (χ4v) is 5.34. The molecule has 0 bridgehead atoms. The van der Waals surface area contributed by atoms with E-state index in [9.17, 15) is 24.0 Å². The zero-order valence-electron chi connectivity index (χ0n) is 20.3. The van der Waals surface area contributed by atoms with Crippen molar-refractivity contribution in [1.82, 2.24) is 9.80 Å². The number of carbonyl (C=O) groups excluding carboxylic acids is 3. The van der Waals surface area contributed by atoms with Crippen molar-refractivity contribution in [2.24, 2.45) is 0 Å². The van der Waals surface area contributed by atoms with Crippen molar-refractivity contribution in [3.63, 3.8) is 0 Å². The molecular formula is C29H23FN4O3S. The van der Waals surface area contributed by atoms with Gasteiger partial charge in [-0.15, -0.1) is 0 Å². The molecule has 0 saturated carbocycles. The van der Waals surface area contributed by atoms with E-state index in [4.69, 9.17) is 0 Å². The van der Waals surface area contributed by atoms with Crippen molar-refractivity contribution in [2.45, 2.75) is 6.54 Å². The van der Waals surface area contributed by atoms with Gasteiger partial charge in [0.1, 0.15) is 11.9 Å². The van der Waals surface area contributed by atoms with E-state index in [2.05, 4.69) is 11.0 Å². The van der Waals surface area contributed by atoms with E-state index in [1.807, 2.05) is 18.2 Å². The van der Waals surface area contributed by atoms with Crippen molar-refractivity contribution in [2.75, 3.05) is 31.1 Å². The first-order valence-corrected chi connectivity index (χ1v) is 12.9. The molecule has 2 heterocycles. The summed E-state index contributed by atoms with van der Waals surface area (Å²) in [5, 5.41) is 8.99. The number of piperazine rings is 1. The highest BCUT2D eigenvalue weighted by Crippen LogP contribution is 2.33. The van der Waals surface area contributed by atoms with Crippen LogP contribution in [0.3, 0.4) is 0 Å². The van der Waals surface area contributed by atoms with Gasteiger partial charge in [0.15, 0.2) is 0 Å². The molecule has 38 heavy (non-hydrogen) atoms. The number of para-hydroxylation sites is 1. The van der Waals surface area contributed by atoms with Gasteiger partial charge in [-0.25, -0.2) is 4.39 Å². The predicted molar refractivity (Wildman–Crippen MR) is 144 cm³/mol. The first-order chi connectivity index (χ1) is 18.4. The van der Waals surface area contributed by atoms with Crippen molar-refractivity contribution in [3.05, 3.63) is 106 Å².